The molecule has 0 aliphatic heterocycles. The molecule has 0 atom stereocenters. The first kappa shape index (κ1) is 31.7. The Labute approximate surface area is 304 Å². The Morgan fingerprint density at radius 1 is 0.471 bits per heavy atom. The topological polar surface area (TPSA) is 58.9 Å². The Morgan fingerprint density at radius 2 is 0.902 bits per heavy atom. The lowest BCUT2D eigenvalue weighted by Gasteiger charge is -2.34. The van der Waals surface area contributed by atoms with Crippen molar-refractivity contribution < 1.29 is 19.7 Å². The first-order chi connectivity index (χ1) is 25.2. The number of aliphatic hydroxyl groups excluding tert-OH is 2. The average molecular weight is 703 g/mol. The van der Waals surface area contributed by atoms with Crippen LogP contribution in [0, 0.1) is 0 Å². The van der Waals surface area contributed by atoms with Gasteiger partial charge in [-0.05, 0) is 104 Å². The molecule has 9 rings (SSSR count). The summed E-state index contributed by atoms with van der Waals surface area (Å²) in [5.41, 5.74) is 8.92. The zero-order valence-electron chi connectivity index (χ0n) is 27.7. The van der Waals surface area contributed by atoms with E-state index in [1.807, 2.05) is 46.9 Å². The quantitative estimate of drug-likeness (QED) is 0.149. The maximum atomic E-state index is 9.42. The Balaban J connectivity index is 1.37. The molecule has 0 saturated carbocycles. The van der Waals surface area contributed by atoms with Gasteiger partial charge in [-0.1, -0.05) is 97.1 Å². The van der Waals surface area contributed by atoms with Crippen LogP contribution >= 0.6 is 22.7 Å². The van der Waals surface area contributed by atoms with Gasteiger partial charge in [0, 0.05) is 19.2 Å². The molecule has 0 bridgehead atoms. The number of fused-ring (bicyclic) bond motifs is 5. The first-order valence-corrected chi connectivity index (χ1v) is 18.8. The van der Waals surface area contributed by atoms with Gasteiger partial charge in [0.15, 0.2) is 0 Å². The zero-order valence-corrected chi connectivity index (χ0v) is 29.3. The highest BCUT2D eigenvalue weighted by atomic mass is 32.1. The van der Waals surface area contributed by atoms with E-state index in [1.54, 1.807) is 0 Å². The molecule has 250 valence electrons. The predicted octanol–water partition coefficient (Wildman–Crippen LogP) is 10.6. The summed E-state index contributed by atoms with van der Waals surface area (Å²) < 4.78 is 14.2. The molecule has 2 aromatic heterocycles. The third kappa shape index (κ3) is 5.26. The summed E-state index contributed by atoms with van der Waals surface area (Å²) in [5, 5.41) is 21.3. The fraction of sp³-hybridized carbons (Fsp3) is 0.111. The fourth-order valence-electron chi connectivity index (χ4n) is 7.77. The Hall–Kier alpha value is -5.24. The van der Waals surface area contributed by atoms with Crippen molar-refractivity contribution in [1.29, 1.82) is 0 Å². The second-order valence-electron chi connectivity index (χ2n) is 12.7. The molecular weight excluding hydrogens is 669 g/mol. The van der Waals surface area contributed by atoms with Gasteiger partial charge in [0.05, 0.1) is 18.6 Å². The molecule has 1 aliphatic rings. The minimum Gasteiger partial charge on any atom is -0.491 e. The van der Waals surface area contributed by atoms with E-state index in [2.05, 4.69) is 121 Å². The summed E-state index contributed by atoms with van der Waals surface area (Å²) >= 11 is 3.67. The summed E-state index contributed by atoms with van der Waals surface area (Å²) in [7, 11) is 0. The van der Waals surface area contributed by atoms with Crippen molar-refractivity contribution in [3.63, 3.8) is 0 Å². The van der Waals surface area contributed by atoms with Crippen LogP contribution in [0.4, 0.5) is 0 Å². The maximum absolute atomic E-state index is 9.42. The van der Waals surface area contributed by atoms with E-state index in [1.165, 1.54) is 63.3 Å². The number of rotatable bonds is 10. The highest BCUT2D eigenvalue weighted by Gasteiger charge is 2.48. The monoisotopic (exact) mass is 702 g/mol. The number of ether oxygens (including phenoxy) is 2. The Bertz CT molecular complexity index is 2270. The largest absolute Gasteiger partial charge is 0.491 e. The number of hydrogen-bond donors (Lipinski definition) is 2. The molecule has 2 N–H and O–H groups in total. The number of hydrogen-bond acceptors (Lipinski definition) is 6. The molecule has 6 heteroatoms. The van der Waals surface area contributed by atoms with E-state index < -0.39 is 5.41 Å². The van der Waals surface area contributed by atoms with Crippen LogP contribution in [-0.2, 0) is 5.41 Å². The lowest BCUT2D eigenvalue weighted by molar-refractivity contribution is 0.201. The predicted molar refractivity (Wildman–Crippen MR) is 211 cm³/mol. The van der Waals surface area contributed by atoms with Crippen LogP contribution in [0.15, 0.2) is 146 Å². The number of benzene rings is 6. The second-order valence-corrected chi connectivity index (χ2v) is 14.9. The Kier molecular flexibility index (Phi) is 8.17. The minimum absolute atomic E-state index is 0.0435. The molecule has 2 heterocycles. The lowest BCUT2D eigenvalue weighted by Crippen LogP contribution is -2.28. The molecule has 1 aliphatic carbocycles. The van der Waals surface area contributed by atoms with Gasteiger partial charge in [-0.15, -0.1) is 22.7 Å². The molecule has 0 unspecified atom stereocenters. The number of thiophene rings is 2. The van der Waals surface area contributed by atoms with Gasteiger partial charge in [0.2, 0.25) is 0 Å². The molecule has 0 fully saturated rings. The summed E-state index contributed by atoms with van der Waals surface area (Å²) in [6, 6.07) is 52.2. The summed E-state index contributed by atoms with van der Waals surface area (Å²) in [6.45, 7) is 0.390. The van der Waals surface area contributed by atoms with Crippen LogP contribution in [0.2, 0.25) is 0 Å². The van der Waals surface area contributed by atoms with Gasteiger partial charge >= 0.3 is 0 Å². The van der Waals surface area contributed by atoms with Crippen molar-refractivity contribution in [1.82, 2.24) is 0 Å². The first-order valence-electron chi connectivity index (χ1n) is 17.1. The normalized spacial score (nSPS) is 13.0. The summed E-state index contributed by atoms with van der Waals surface area (Å²) in [6.07, 6.45) is 0. The molecule has 0 amide bonds. The van der Waals surface area contributed by atoms with Gasteiger partial charge in [0.1, 0.15) is 24.7 Å². The lowest BCUT2D eigenvalue weighted by atomic mass is 9.67. The Morgan fingerprint density at radius 3 is 1.31 bits per heavy atom. The molecule has 0 spiro atoms. The van der Waals surface area contributed by atoms with Crippen LogP contribution in [0.25, 0.3) is 52.2 Å². The van der Waals surface area contributed by atoms with E-state index in [-0.39, 0.29) is 26.4 Å². The maximum Gasteiger partial charge on any atom is 0.119 e. The van der Waals surface area contributed by atoms with Crippen molar-refractivity contribution in [3.05, 3.63) is 168 Å². The molecule has 51 heavy (non-hydrogen) atoms. The van der Waals surface area contributed by atoms with Crippen molar-refractivity contribution >= 4 is 42.8 Å². The highest BCUT2D eigenvalue weighted by molar-refractivity contribution is 7.22. The van der Waals surface area contributed by atoms with Crippen molar-refractivity contribution in [2.24, 2.45) is 0 Å². The van der Waals surface area contributed by atoms with Crippen LogP contribution in [0.1, 0.15) is 22.3 Å². The average Bonchev–Trinajstić information content (AvgIpc) is 3.90. The van der Waals surface area contributed by atoms with E-state index in [0.29, 0.717) is 11.5 Å². The number of aliphatic hydroxyl groups is 2. The van der Waals surface area contributed by atoms with Gasteiger partial charge in [-0.2, -0.15) is 0 Å². The third-order valence-electron chi connectivity index (χ3n) is 9.86. The molecular formula is C45H34O4S2. The SMILES string of the molecule is OCCOc1ccc(C2(c3ccc(OCCO)cc3)c3cccc(-c4cc5ccccc5s4)c3-c3c(-c4cc5ccccc5s4)cccc32)cc1. The highest BCUT2D eigenvalue weighted by Crippen LogP contribution is 2.61. The zero-order chi connectivity index (χ0) is 34.4. The van der Waals surface area contributed by atoms with Crippen molar-refractivity contribution in [3.8, 4) is 43.5 Å². The van der Waals surface area contributed by atoms with Crippen LogP contribution < -0.4 is 9.47 Å². The van der Waals surface area contributed by atoms with Gasteiger partial charge < -0.3 is 19.7 Å². The summed E-state index contributed by atoms with van der Waals surface area (Å²) in [4.78, 5) is 2.47. The summed E-state index contributed by atoms with van der Waals surface area (Å²) in [5.74, 6) is 1.43. The van der Waals surface area contributed by atoms with Crippen LogP contribution in [-0.4, -0.2) is 36.6 Å². The van der Waals surface area contributed by atoms with Gasteiger partial charge in [-0.3, -0.25) is 0 Å². The minimum atomic E-state index is -0.672. The molecule has 0 radical (unpaired) electrons. The van der Waals surface area contributed by atoms with Crippen LogP contribution in [0.5, 0.6) is 11.5 Å². The van der Waals surface area contributed by atoms with E-state index in [4.69, 9.17) is 9.47 Å². The third-order valence-corrected chi connectivity index (χ3v) is 12.2. The molecule has 8 aromatic rings. The molecule has 0 saturated heterocycles. The second kappa shape index (κ2) is 13.1. The van der Waals surface area contributed by atoms with Gasteiger partial charge in [0.25, 0.3) is 0 Å². The molecule has 4 nitrogen and oxygen atoms in total. The van der Waals surface area contributed by atoms with E-state index in [9.17, 15) is 10.2 Å². The van der Waals surface area contributed by atoms with Crippen molar-refractivity contribution in [2.75, 3.05) is 26.4 Å². The molecule has 6 aromatic carbocycles. The van der Waals surface area contributed by atoms with Crippen LogP contribution in [0.3, 0.4) is 0 Å². The standard InChI is InChI=1S/C45H34O4S2/c46-23-25-48-33-19-15-31(16-20-33)45(32-17-21-34(22-18-32)49-26-24-47)37-11-5-9-35(41-27-29-7-1-3-13-39(29)50-41)43(37)44-36(10-6-12-38(44)45)42-28-30-8-2-4-14-40(30)51-42/h1-22,27-28,46-47H,23-26H2. The van der Waals surface area contributed by atoms with E-state index in [0.717, 1.165) is 11.1 Å². The smallest absolute Gasteiger partial charge is 0.119 e. The van der Waals surface area contributed by atoms with Gasteiger partial charge in [-0.25, -0.2) is 0 Å². The van der Waals surface area contributed by atoms with E-state index >= 15 is 0 Å². The fourth-order valence-corrected chi connectivity index (χ4v) is 9.96. The van der Waals surface area contributed by atoms with Crippen molar-refractivity contribution in [2.45, 2.75) is 5.41 Å².